The van der Waals surface area contributed by atoms with Gasteiger partial charge in [0, 0.05) is 5.56 Å². The molecule has 0 aliphatic carbocycles. The quantitative estimate of drug-likeness (QED) is 0.838. The van der Waals surface area contributed by atoms with Crippen molar-refractivity contribution in [3.8, 4) is 17.2 Å². The zero-order valence-corrected chi connectivity index (χ0v) is 13.4. The van der Waals surface area contributed by atoms with Gasteiger partial charge in [-0.15, -0.1) is 0 Å². The maximum Gasteiger partial charge on any atom is 0.143 e. The largest absolute Gasteiger partial charge is 0.496 e. The van der Waals surface area contributed by atoms with E-state index in [0.29, 0.717) is 11.5 Å². The summed E-state index contributed by atoms with van der Waals surface area (Å²) in [7, 11) is 1.61. The second kappa shape index (κ2) is 6.41. The minimum atomic E-state index is -0.0644. The van der Waals surface area contributed by atoms with Gasteiger partial charge in [0.1, 0.15) is 17.2 Å². The van der Waals surface area contributed by atoms with Gasteiger partial charge in [-0.1, -0.05) is 18.2 Å². The molecule has 0 radical (unpaired) electrons. The fraction of sp³-hybridized carbons (Fsp3) is 0.143. The lowest BCUT2D eigenvalue weighted by molar-refractivity contribution is 0.276. The molecule has 19 heavy (non-hydrogen) atoms. The van der Waals surface area contributed by atoms with E-state index in [4.69, 9.17) is 9.47 Å². The van der Waals surface area contributed by atoms with Crippen molar-refractivity contribution in [1.29, 1.82) is 0 Å². The number of aliphatic hydroxyl groups excluding tert-OH is 1. The zero-order valence-electron chi connectivity index (χ0n) is 10.2. The zero-order chi connectivity index (χ0) is 13.8. The molecule has 2 rings (SSSR count). The number of hydrogen-bond acceptors (Lipinski definition) is 3. The van der Waals surface area contributed by atoms with Crippen molar-refractivity contribution in [3.63, 3.8) is 0 Å². The van der Waals surface area contributed by atoms with E-state index in [1.54, 1.807) is 7.11 Å². The molecule has 0 aliphatic rings. The molecule has 0 unspecified atom stereocenters. The highest BCUT2D eigenvalue weighted by Crippen LogP contribution is 2.38. The van der Waals surface area contributed by atoms with Crippen molar-refractivity contribution in [2.45, 2.75) is 6.61 Å². The van der Waals surface area contributed by atoms with E-state index in [1.807, 2.05) is 36.4 Å². The van der Waals surface area contributed by atoms with Gasteiger partial charge in [0.2, 0.25) is 0 Å². The van der Waals surface area contributed by atoms with Gasteiger partial charge in [-0.05, 0) is 50.1 Å². The van der Waals surface area contributed by atoms with Gasteiger partial charge in [0.25, 0.3) is 0 Å². The molecule has 0 spiro atoms. The maximum atomic E-state index is 9.28. The van der Waals surface area contributed by atoms with E-state index in [-0.39, 0.29) is 6.61 Å². The van der Waals surface area contributed by atoms with Gasteiger partial charge in [0.05, 0.1) is 22.7 Å². The molecule has 0 heterocycles. The molecule has 5 heteroatoms. The fourth-order valence-electron chi connectivity index (χ4n) is 1.60. The number of methoxy groups -OCH3 is 1. The van der Waals surface area contributed by atoms with Crippen LogP contribution in [-0.4, -0.2) is 12.2 Å². The molecule has 0 saturated heterocycles. The second-order valence-electron chi connectivity index (χ2n) is 3.79. The molecule has 2 aromatic rings. The minimum absolute atomic E-state index is 0.0644. The van der Waals surface area contributed by atoms with Gasteiger partial charge >= 0.3 is 0 Å². The highest BCUT2D eigenvalue weighted by molar-refractivity contribution is 9.11. The van der Waals surface area contributed by atoms with Crippen molar-refractivity contribution in [1.82, 2.24) is 0 Å². The SMILES string of the molecule is COc1cc(Br)c(Oc2ccccc2CO)cc1Br. The van der Waals surface area contributed by atoms with Crippen LogP contribution >= 0.6 is 31.9 Å². The number of hydrogen-bond donors (Lipinski definition) is 1. The van der Waals surface area contributed by atoms with E-state index < -0.39 is 0 Å². The summed E-state index contributed by atoms with van der Waals surface area (Å²) in [5.74, 6) is 1.99. The van der Waals surface area contributed by atoms with Crippen molar-refractivity contribution in [3.05, 3.63) is 50.9 Å². The van der Waals surface area contributed by atoms with Crippen molar-refractivity contribution >= 4 is 31.9 Å². The Morgan fingerprint density at radius 3 is 2.32 bits per heavy atom. The lowest BCUT2D eigenvalue weighted by atomic mass is 10.2. The third-order valence-electron chi connectivity index (χ3n) is 2.57. The predicted molar refractivity (Wildman–Crippen MR) is 80.8 cm³/mol. The van der Waals surface area contributed by atoms with E-state index in [0.717, 1.165) is 20.3 Å². The number of ether oxygens (including phenoxy) is 2. The van der Waals surface area contributed by atoms with Crippen LogP contribution in [0.15, 0.2) is 45.3 Å². The van der Waals surface area contributed by atoms with Gasteiger partial charge < -0.3 is 14.6 Å². The summed E-state index contributed by atoms with van der Waals surface area (Å²) < 4.78 is 12.6. The summed E-state index contributed by atoms with van der Waals surface area (Å²) in [5, 5.41) is 9.28. The Balaban J connectivity index is 2.36. The highest BCUT2D eigenvalue weighted by Gasteiger charge is 2.10. The molecule has 1 N–H and O–H groups in total. The van der Waals surface area contributed by atoms with E-state index >= 15 is 0 Å². The first-order valence-corrected chi connectivity index (χ1v) is 7.14. The third kappa shape index (κ3) is 3.29. The molecule has 2 aromatic carbocycles. The monoisotopic (exact) mass is 386 g/mol. The molecule has 0 amide bonds. The average Bonchev–Trinajstić information content (AvgIpc) is 2.43. The molecule has 0 saturated carbocycles. The van der Waals surface area contributed by atoms with E-state index in [2.05, 4.69) is 31.9 Å². The molecule has 0 aliphatic heterocycles. The van der Waals surface area contributed by atoms with E-state index in [9.17, 15) is 5.11 Å². The predicted octanol–water partition coefficient (Wildman–Crippen LogP) is 4.50. The summed E-state index contributed by atoms with van der Waals surface area (Å²) in [5.41, 5.74) is 0.737. The van der Waals surface area contributed by atoms with Crippen LogP contribution in [0.3, 0.4) is 0 Å². The van der Waals surface area contributed by atoms with Crippen LogP contribution in [0.25, 0.3) is 0 Å². The number of rotatable bonds is 4. The molecule has 0 atom stereocenters. The molecule has 3 nitrogen and oxygen atoms in total. The van der Waals surface area contributed by atoms with Gasteiger partial charge in [-0.2, -0.15) is 0 Å². The number of halogens is 2. The van der Waals surface area contributed by atoms with Gasteiger partial charge in [-0.25, -0.2) is 0 Å². The first-order chi connectivity index (χ1) is 9.15. The third-order valence-corrected chi connectivity index (χ3v) is 3.81. The summed E-state index contributed by atoms with van der Waals surface area (Å²) >= 11 is 6.85. The Bertz CT molecular complexity index is 585. The minimum Gasteiger partial charge on any atom is -0.496 e. The smallest absolute Gasteiger partial charge is 0.143 e. The molecular weight excluding hydrogens is 376 g/mol. The fourth-order valence-corrected chi connectivity index (χ4v) is 2.49. The van der Waals surface area contributed by atoms with E-state index in [1.165, 1.54) is 0 Å². The number of benzene rings is 2. The van der Waals surface area contributed by atoms with Crippen LogP contribution in [0.5, 0.6) is 17.2 Å². The Labute approximate surface area is 128 Å². The van der Waals surface area contributed by atoms with Crippen molar-refractivity contribution < 1.29 is 14.6 Å². The Kier molecular flexibility index (Phi) is 4.85. The summed E-state index contributed by atoms with van der Waals surface area (Å²) in [6.45, 7) is -0.0644. The molecule has 0 fully saturated rings. The molecule has 0 bridgehead atoms. The first kappa shape index (κ1) is 14.4. The highest BCUT2D eigenvalue weighted by atomic mass is 79.9. The normalized spacial score (nSPS) is 10.3. The second-order valence-corrected chi connectivity index (χ2v) is 5.49. The Morgan fingerprint density at radius 1 is 1.00 bits per heavy atom. The lowest BCUT2D eigenvalue weighted by Crippen LogP contribution is -1.93. The summed E-state index contributed by atoms with van der Waals surface area (Å²) in [4.78, 5) is 0. The summed E-state index contributed by atoms with van der Waals surface area (Å²) in [6, 6.07) is 11.0. The average molecular weight is 388 g/mol. The first-order valence-electron chi connectivity index (χ1n) is 5.55. The van der Waals surface area contributed by atoms with Crippen LogP contribution in [0.2, 0.25) is 0 Å². The van der Waals surface area contributed by atoms with Crippen molar-refractivity contribution in [2.75, 3.05) is 7.11 Å². The topological polar surface area (TPSA) is 38.7 Å². The van der Waals surface area contributed by atoms with Gasteiger partial charge in [0.15, 0.2) is 0 Å². The standard InChI is InChI=1S/C14H12Br2O3/c1-18-13-6-11(16)14(7-10(13)15)19-12-5-3-2-4-9(12)8-17/h2-7,17H,8H2,1H3. The van der Waals surface area contributed by atoms with Crippen molar-refractivity contribution in [2.24, 2.45) is 0 Å². The van der Waals surface area contributed by atoms with Crippen LogP contribution < -0.4 is 9.47 Å². The Hall–Kier alpha value is -1.04. The van der Waals surface area contributed by atoms with Crippen LogP contribution in [0.4, 0.5) is 0 Å². The van der Waals surface area contributed by atoms with Crippen LogP contribution in [0, 0.1) is 0 Å². The molecule has 100 valence electrons. The number of aliphatic hydroxyl groups is 1. The van der Waals surface area contributed by atoms with Crippen LogP contribution in [0.1, 0.15) is 5.56 Å². The molecular formula is C14H12Br2O3. The summed E-state index contributed by atoms with van der Waals surface area (Å²) in [6.07, 6.45) is 0. The maximum absolute atomic E-state index is 9.28. The lowest BCUT2D eigenvalue weighted by Gasteiger charge is -2.13. The number of para-hydroxylation sites is 1. The van der Waals surface area contributed by atoms with Crippen LogP contribution in [-0.2, 0) is 6.61 Å². The Morgan fingerprint density at radius 2 is 1.63 bits per heavy atom. The molecule has 0 aromatic heterocycles. The van der Waals surface area contributed by atoms with Gasteiger partial charge in [-0.3, -0.25) is 0 Å².